The quantitative estimate of drug-likeness (QED) is 0.785. The summed E-state index contributed by atoms with van der Waals surface area (Å²) in [4.78, 5) is 24.9. The van der Waals surface area contributed by atoms with Crippen molar-refractivity contribution in [3.63, 3.8) is 0 Å². The number of allylic oxidation sites excluding steroid dienone is 1. The van der Waals surface area contributed by atoms with Gasteiger partial charge in [0.25, 0.3) is 0 Å². The van der Waals surface area contributed by atoms with Crippen molar-refractivity contribution in [1.82, 2.24) is 0 Å². The molecule has 1 aliphatic rings. The lowest BCUT2D eigenvalue weighted by molar-refractivity contribution is -0.145. The van der Waals surface area contributed by atoms with Crippen LogP contribution in [0.25, 0.3) is 0 Å². The Morgan fingerprint density at radius 2 is 1.85 bits per heavy atom. The number of halogens is 1. The van der Waals surface area contributed by atoms with E-state index < -0.39 is 23.6 Å². The van der Waals surface area contributed by atoms with E-state index in [4.69, 9.17) is 31.5 Å². The van der Waals surface area contributed by atoms with Gasteiger partial charge in [0.1, 0.15) is 17.2 Å². The molecule has 2 rings (SSSR count). The molecule has 26 heavy (non-hydrogen) atoms. The number of benzene rings is 1. The predicted molar refractivity (Wildman–Crippen MR) is 92.4 cm³/mol. The Morgan fingerprint density at radius 1 is 1.23 bits per heavy atom. The number of carbonyl (C=O) groups is 2. The molecule has 1 aromatic carbocycles. The Labute approximate surface area is 155 Å². The third-order valence-corrected chi connectivity index (χ3v) is 3.94. The fraction of sp³-hybridized carbons (Fsp3) is 0.278. The molecule has 0 saturated heterocycles. The zero-order valence-corrected chi connectivity index (χ0v) is 15.0. The van der Waals surface area contributed by atoms with Crippen LogP contribution in [-0.4, -0.2) is 25.2 Å². The molecule has 136 valence electrons. The highest BCUT2D eigenvalue weighted by molar-refractivity contribution is 6.31. The lowest BCUT2D eigenvalue weighted by atomic mass is 9.83. The van der Waals surface area contributed by atoms with E-state index in [9.17, 15) is 14.9 Å². The van der Waals surface area contributed by atoms with Crippen molar-refractivity contribution in [2.24, 2.45) is 5.73 Å². The Balaban J connectivity index is 2.75. The largest absolute Gasteiger partial charge is 0.462 e. The minimum atomic E-state index is -1.01. The van der Waals surface area contributed by atoms with Crippen LogP contribution in [0.5, 0.6) is 0 Å². The minimum Gasteiger partial charge on any atom is -0.462 e. The summed E-state index contributed by atoms with van der Waals surface area (Å²) in [5.41, 5.74) is 6.02. The number of rotatable bonds is 5. The van der Waals surface area contributed by atoms with Gasteiger partial charge in [-0.1, -0.05) is 29.8 Å². The highest BCUT2D eigenvalue weighted by Crippen LogP contribution is 2.42. The van der Waals surface area contributed by atoms with E-state index in [1.165, 1.54) is 0 Å². The average molecular weight is 377 g/mol. The summed E-state index contributed by atoms with van der Waals surface area (Å²) in [6.45, 7) is 3.35. The maximum Gasteiger partial charge on any atom is 0.374 e. The van der Waals surface area contributed by atoms with Gasteiger partial charge in [0.2, 0.25) is 11.6 Å². The molecule has 1 heterocycles. The van der Waals surface area contributed by atoms with Crippen molar-refractivity contribution in [3.05, 3.63) is 57.6 Å². The van der Waals surface area contributed by atoms with E-state index in [2.05, 4.69) is 0 Å². The summed E-state index contributed by atoms with van der Waals surface area (Å²) in [5, 5.41) is 9.84. The number of nitrogens with two attached hydrogens (primary N) is 1. The summed E-state index contributed by atoms with van der Waals surface area (Å²) >= 11 is 6.26. The maximum absolute atomic E-state index is 12.6. The topological polar surface area (TPSA) is 112 Å². The van der Waals surface area contributed by atoms with Crippen molar-refractivity contribution in [2.45, 2.75) is 19.8 Å². The monoisotopic (exact) mass is 376 g/mol. The number of esters is 2. The second-order valence-corrected chi connectivity index (χ2v) is 5.54. The van der Waals surface area contributed by atoms with Crippen LogP contribution in [0.3, 0.4) is 0 Å². The molecule has 1 aromatic rings. The van der Waals surface area contributed by atoms with Crippen LogP contribution in [0.15, 0.2) is 47.1 Å². The van der Waals surface area contributed by atoms with Crippen LogP contribution in [0.1, 0.15) is 25.3 Å². The van der Waals surface area contributed by atoms with Crippen LogP contribution in [-0.2, 0) is 23.8 Å². The first-order valence-electron chi connectivity index (χ1n) is 7.86. The summed E-state index contributed by atoms with van der Waals surface area (Å²) < 4.78 is 15.3. The van der Waals surface area contributed by atoms with E-state index in [1.54, 1.807) is 38.1 Å². The molecule has 0 bridgehead atoms. The predicted octanol–water partition coefficient (Wildman–Crippen LogP) is 2.53. The van der Waals surface area contributed by atoms with E-state index in [0.717, 1.165) is 0 Å². The third-order valence-electron chi connectivity index (χ3n) is 3.59. The summed E-state index contributed by atoms with van der Waals surface area (Å²) in [6, 6.07) is 8.54. The SMILES string of the molecule is CCOC(=O)C1=C(C(=O)OCC)[C@H](c2ccccc2Cl)C(C#N)=C(N)O1. The molecule has 1 aliphatic heterocycles. The molecule has 7 nitrogen and oxygen atoms in total. The standard InChI is InChI=1S/C18H17ClN2O5/c1-3-24-17(22)14-13(10-7-5-6-8-12(10)19)11(9-20)16(21)26-15(14)18(23)25-4-2/h5-8,13H,3-4,21H2,1-2H3/t13-/m1/s1. The van der Waals surface area contributed by atoms with Crippen molar-refractivity contribution in [1.29, 1.82) is 5.26 Å². The number of carbonyl (C=O) groups excluding carboxylic acids is 2. The zero-order valence-electron chi connectivity index (χ0n) is 14.2. The van der Waals surface area contributed by atoms with Gasteiger partial charge in [0.05, 0.1) is 19.1 Å². The molecule has 0 radical (unpaired) electrons. The Morgan fingerprint density at radius 3 is 2.42 bits per heavy atom. The molecule has 0 aliphatic carbocycles. The van der Waals surface area contributed by atoms with Gasteiger partial charge in [0, 0.05) is 5.02 Å². The second kappa shape index (κ2) is 8.41. The van der Waals surface area contributed by atoms with Crippen molar-refractivity contribution in [2.75, 3.05) is 13.2 Å². The molecule has 0 aromatic heterocycles. The van der Waals surface area contributed by atoms with Gasteiger partial charge in [0.15, 0.2) is 0 Å². The van der Waals surface area contributed by atoms with Gasteiger partial charge in [-0.3, -0.25) is 0 Å². The fourth-order valence-corrected chi connectivity index (χ4v) is 2.79. The lowest BCUT2D eigenvalue weighted by Gasteiger charge is -2.27. The summed E-state index contributed by atoms with van der Waals surface area (Å²) in [6.07, 6.45) is 0. The molecule has 0 fully saturated rings. The fourth-order valence-electron chi connectivity index (χ4n) is 2.55. The Kier molecular flexibility index (Phi) is 6.26. The second-order valence-electron chi connectivity index (χ2n) is 5.13. The number of nitrogens with zero attached hydrogens (tertiary/aromatic N) is 1. The molecule has 1 atom stereocenters. The number of hydrogen-bond acceptors (Lipinski definition) is 7. The lowest BCUT2D eigenvalue weighted by Crippen LogP contribution is -2.29. The Hall–Kier alpha value is -2.98. The third kappa shape index (κ3) is 3.65. The van der Waals surface area contributed by atoms with Crippen LogP contribution in [0, 0.1) is 11.3 Å². The van der Waals surface area contributed by atoms with Crippen LogP contribution >= 0.6 is 11.6 Å². The Bertz CT molecular complexity index is 838. The van der Waals surface area contributed by atoms with Crippen molar-refractivity contribution >= 4 is 23.5 Å². The molecule has 8 heteroatoms. The van der Waals surface area contributed by atoms with Crippen LogP contribution in [0.4, 0.5) is 0 Å². The van der Waals surface area contributed by atoms with E-state index >= 15 is 0 Å². The molecule has 0 spiro atoms. The molecule has 2 N–H and O–H groups in total. The number of hydrogen-bond donors (Lipinski definition) is 1. The van der Waals surface area contributed by atoms with E-state index in [1.807, 2.05) is 6.07 Å². The number of nitriles is 1. The van der Waals surface area contributed by atoms with Gasteiger partial charge in [-0.05, 0) is 25.5 Å². The first kappa shape index (κ1) is 19.3. The van der Waals surface area contributed by atoms with E-state index in [0.29, 0.717) is 10.6 Å². The summed E-state index contributed by atoms with van der Waals surface area (Å²) in [7, 11) is 0. The molecular formula is C18H17ClN2O5. The van der Waals surface area contributed by atoms with Crippen molar-refractivity contribution < 1.29 is 23.8 Å². The molecule has 0 saturated carbocycles. The van der Waals surface area contributed by atoms with Gasteiger partial charge < -0.3 is 19.9 Å². The smallest absolute Gasteiger partial charge is 0.374 e. The average Bonchev–Trinajstić information content (AvgIpc) is 2.61. The molecule has 0 amide bonds. The van der Waals surface area contributed by atoms with Crippen molar-refractivity contribution in [3.8, 4) is 6.07 Å². The first-order chi connectivity index (χ1) is 12.5. The highest BCUT2D eigenvalue weighted by atomic mass is 35.5. The van der Waals surface area contributed by atoms with E-state index in [-0.39, 0.29) is 30.2 Å². The maximum atomic E-state index is 12.6. The van der Waals surface area contributed by atoms with Gasteiger partial charge >= 0.3 is 11.9 Å². The highest BCUT2D eigenvalue weighted by Gasteiger charge is 2.41. The molecular weight excluding hydrogens is 360 g/mol. The number of ether oxygens (including phenoxy) is 3. The van der Waals surface area contributed by atoms with Gasteiger partial charge in [-0.25, -0.2) is 9.59 Å². The minimum absolute atomic E-state index is 0.0470. The van der Waals surface area contributed by atoms with Gasteiger partial charge in [-0.2, -0.15) is 5.26 Å². The summed E-state index contributed by atoms with van der Waals surface area (Å²) in [5.74, 6) is -3.42. The van der Waals surface area contributed by atoms with Crippen LogP contribution < -0.4 is 5.73 Å². The normalized spacial score (nSPS) is 16.6. The van der Waals surface area contributed by atoms with Crippen LogP contribution in [0.2, 0.25) is 5.02 Å². The van der Waals surface area contributed by atoms with Gasteiger partial charge in [-0.15, -0.1) is 0 Å². The zero-order chi connectivity index (χ0) is 19.3. The molecule has 0 unspecified atom stereocenters. The first-order valence-corrected chi connectivity index (χ1v) is 8.24.